The fourth-order valence-corrected chi connectivity index (χ4v) is 2.25. The van der Waals surface area contributed by atoms with Gasteiger partial charge in [-0.25, -0.2) is 15.0 Å². The van der Waals surface area contributed by atoms with Crippen molar-refractivity contribution in [3.05, 3.63) is 54.1 Å². The Morgan fingerprint density at radius 2 is 1.96 bits per heavy atom. The normalized spacial score (nSPS) is 13.5. The number of hydrogen-bond donors (Lipinski definition) is 0. The molecule has 1 aliphatic rings. The number of rotatable bonds is 5. The lowest BCUT2D eigenvalue weighted by Gasteiger charge is -2.19. The second-order valence-electron chi connectivity index (χ2n) is 5.17. The Hall–Kier alpha value is -3.16. The number of ether oxygens (including phenoxy) is 2. The number of hydrogen-bond acceptors (Lipinski definition) is 8. The molecule has 3 rings (SSSR count). The van der Waals surface area contributed by atoms with Gasteiger partial charge in [-0.3, -0.25) is 0 Å². The van der Waals surface area contributed by atoms with Gasteiger partial charge in [0.15, 0.2) is 5.82 Å². The number of nitrogens with zero attached hydrogens (tertiary/aromatic N) is 6. The van der Waals surface area contributed by atoms with Gasteiger partial charge in [-0.15, -0.1) is 0 Å². The van der Waals surface area contributed by atoms with Crippen LogP contribution in [0, 0.1) is 6.92 Å². The SMILES string of the molecule is C=C1N(C)N=NN1c1ncnc(OC)c1COc1ccccc1C. The molecule has 0 bridgehead atoms. The fraction of sp³-hybridized carbons (Fsp3) is 0.250. The molecule has 1 aliphatic heterocycles. The van der Waals surface area contributed by atoms with Crippen molar-refractivity contribution in [3.8, 4) is 11.6 Å². The topological polar surface area (TPSA) is 75.4 Å². The average Bonchev–Trinajstić information content (AvgIpc) is 2.93. The Morgan fingerprint density at radius 1 is 1.17 bits per heavy atom. The minimum atomic E-state index is 0.229. The summed E-state index contributed by atoms with van der Waals surface area (Å²) in [6.45, 7) is 6.16. The van der Waals surface area contributed by atoms with Crippen LogP contribution in [-0.4, -0.2) is 29.1 Å². The van der Waals surface area contributed by atoms with Gasteiger partial charge in [-0.1, -0.05) is 24.8 Å². The predicted octanol–water partition coefficient (Wildman–Crippen LogP) is 2.88. The molecule has 2 aromatic rings. The zero-order chi connectivity index (χ0) is 17.1. The van der Waals surface area contributed by atoms with Crippen LogP contribution in [0.1, 0.15) is 11.1 Å². The van der Waals surface area contributed by atoms with Crippen LogP contribution in [0.2, 0.25) is 0 Å². The van der Waals surface area contributed by atoms with Crippen molar-refractivity contribution in [2.24, 2.45) is 10.4 Å². The molecule has 0 N–H and O–H groups in total. The standard InChI is InChI=1S/C16H18N6O2/c1-11-7-5-6-8-14(11)24-9-13-15(17-10-18-16(13)23-4)22-12(2)21(3)19-20-22/h5-8,10H,2,9H2,1,3-4H3. The monoisotopic (exact) mass is 326 g/mol. The highest BCUT2D eigenvalue weighted by Crippen LogP contribution is 2.32. The molecule has 2 heterocycles. The van der Waals surface area contributed by atoms with Crippen LogP contribution in [0.15, 0.2) is 53.4 Å². The van der Waals surface area contributed by atoms with E-state index in [0.717, 1.165) is 11.3 Å². The van der Waals surface area contributed by atoms with Gasteiger partial charge < -0.3 is 9.47 Å². The van der Waals surface area contributed by atoms with E-state index in [1.54, 1.807) is 19.2 Å². The molecule has 8 heteroatoms. The molecule has 1 aromatic carbocycles. The van der Waals surface area contributed by atoms with E-state index in [0.29, 0.717) is 23.1 Å². The van der Waals surface area contributed by atoms with E-state index < -0.39 is 0 Å². The maximum Gasteiger partial charge on any atom is 0.225 e. The summed E-state index contributed by atoms with van der Waals surface area (Å²) in [7, 11) is 3.31. The van der Waals surface area contributed by atoms with E-state index in [4.69, 9.17) is 9.47 Å². The van der Waals surface area contributed by atoms with Crippen molar-refractivity contribution in [3.63, 3.8) is 0 Å². The van der Waals surface area contributed by atoms with Gasteiger partial charge >= 0.3 is 0 Å². The third kappa shape index (κ3) is 2.85. The van der Waals surface area contributed by atoms with Crippen molar-refractivity contribution < 1.29 is 9.47 Å². The van der Waals surface area contributed by atoms with E-state index in [2.05, 4.69) is 27.0 Å². The summed E-state index contributed by atoms with van der Waals surface area (Å²) in [5.41, 5.74) is 1.71. The van der Waals surface area contributed by atoms with Gasteiger partial charge in [0.05, 0.1) is 12.7 Å². The number of anilines is 1. The van der Waals surface area contributed by atoms with Crippen molar-refractivity contribution in [1.82, 2.24) is 15.0 Å². The molecular weight excluding hydrogens is 308 g/mol. The maximum absolute atomic E-state index is 5.93. The molecule has 0 saturated heterocycles. The molecule has 124 valence electrons. The van der Waals surface area contributed by atoms with Crippen LogP contribution in [0.3, 0.4) is 0 Å². The van der Waals surface area contributed by atoms with E-state index in [9.17, 15) is 0 Å². The summed E-state index contributed by atoms with van der Waals surface area (Å²) in [6.07, 6.45) is 1.41. The average molecular weight is 326 g/mol. The van der Waals surface area contributed by atoms with Crippen molar-refractivity contribution in [1.29, 1.82) is 0 Å². The van der Waals surface area contributed by atoms with Gasteiger partial charge in [0, 0.05) is 7.05 Å². The quantitative estimate of drug-likeness (QED) is 0.841. The van der Waals surface area contributed by atoms with E-state index in [-0.39, 0.29) is 6.61 Å². The minimum Gasteiger partial charge on any atom is -0.488 e. The second-order valence-corrected chi connectivity index (χ2v) is 5.17. The largest absolute Gasteiger partial charge is 0.488 e. The van der Waals surface area contributed by atoms with Crippen LogP contribution in [-0.2, 0) is 6.61 Å². The van der Waals surface area contributed by atoms with Gasteiger partial charge in [-0.2, -0.15) is 5.01 Å². The first-order chi connectivity index (χ1) is 11.6. The van der Waals surface area contributed by atoms with Gasteiger partial charge in [0.2, 0.25) is 5.88 Å². The van der Waals surface area contributed by atoms with Crippen molar-refractivity contribution in [2.75, 3.05) is 19.2 Å². The lowest BCUT2D eigenvalue weighted by Crippen LogP contribution is -2.21. The Balaban J connectivity index is 1.92. The van der Waals surface area contributed by atoms with Gasteiger partial charge in [0.1, 0.15) is 24.5 Å². The molecule has 0 aliphatic carbocycles. The van der Waals surface area contributed by atoms with Crippen LogP contribution < -0.4 is 14.5 Å². The second kappa shape index (κ2) is 6.53. The lowest BCUT2D eigenvalue weighted by atomic mass is 10.2. The molecule has 0 saturated carbocycles. The summed E-state index contributed by atoms with van der Waals surface area (Å²) >= 11 is 0. The minimum absolute atomic E-state index is 0.229. The first-order valence-electron chi connectivity index (χ1n) is 7.32. The molecule has 0 spiro atoms. The Bertz CT molecular complexity index is 792. The highest BCUT2D eigenvalue weighted by atomic mass is 16.5. The smallest absolute Gasteiger partial charge is 0.225 e. The number of aromatic nitrogens is 2. The highest BCUT2D eigenvalue weighted by Gasteiger charge is 2.26. The fourth-order valence-electron chi connectivity index (χ4n) is 2.25. The predicted molar refractivity (Wildman–Crippen MR) is 88.3 cm³/mol. The van der Waals surface area contributed by atoms with E-state index in [1.165, 1.54) is 11.3 Å². The first-order valence-corrected chi connectivity index (χ1v) is 7.32. The molecule has 24 heavy (non-hydrogen) atoms. The molecule has 8 nitrogen and oxygen atoms in total. The van der Waals surface area contributed by atoms with Gasteiger partial charge in [0.25, 0.3) is 0 Å². The Kier molecular flexibility index (Phi) is 4.28. The number of methoxy groups -OCH3 is 1. The summed E-state index contributed by atoms with van der Waals surface area (Å²) in [6, 6.07) is 7.78. The van der Waals surface area contributed by atoms with Crippen LogP contribution in [0.4, 0.5) is 5.82 Å². The first kappa shape index (κ1) is 15.7. The molecular formula is C16H18N6O2. The van der Waals surface area contributed by atoms with E-state index >= 15 is 0 Å². The zero-order valence-electron chi connectivity index (χ0n) is 13.8. The molecule has 0 amide bonds. The van der Waals surface area contributed by atoms with E-state index in [1.807, 2.05) is 31.2 Å². The summed E-state index contributed by atoms with van der Waals surface area (Å²) in [5, 5.41) is 11.1. The molecule has 1 aromatic heterocycles. The van der Waals surface area contributed by atoms with Crippen LogP contribution in [0.25, 0.3) is 0 Å². The molecule has 0 atom stereocenters. The van der Waals surface area contributed by atoms with Crippen LogP contribution in [0.5, 0.6) is 11.6 Å². The summed E-state index contributed by atoms with van der Waals surface area (Å²) < 4.78 is 11.3. The van der Waals surface area contributed by atoms with Crippen molar-refractivity contribution in [2.45, 2.75) is 13.5 Å². The summed E-state index contributed by atoms with van der Waals surface area (Å²) in [5.74, 6) is 2.31. The molecule has 0 unspecified atom stereocenters. The maximum atomic E-state index is 5.93. The zero-order valence-corrected chi connectivity index (χ0v) is 13.8. The lowest BCUT2D eigenvalue weighted by molar-refractivity contribution is 0.291. The Labute approximate surface area is 140 Å². The summed E-state index contributed by atoms with van der Waals surface area (Å²) in [4.78, 5) is 8.45. The number of para-hydroxylation sites is 1. The molecule has 0 fully saturated rings. The third-order valence-electron chi connectivity index (χ3n) is 3.62. The Morgan fingerprint density at radius 3 is 2.62 bits per heavy atom. The molecule has 0 radical (unpaired) electrons. The highest BCUT2D eigenvalue weighted by molar-refractivity contribution is 5.54. The third-order valence-corrected chi connectivity index (χ3v) is 3.62. The van der Waals surface area contributed by atoms with Crippen LogP contribution >= 0.6 is 0 Å². The number of benzene rings is 1. The number of aryl methyl sites for hydroxylation is 1. The van der Waals surface area contributed by atoms with Gasteiger partial charge in [-0.05, 0) is 29.0 Å². The van der Waals surface area contributed by atoms with Crippen molar-refractivity contribution >= 4 is 5.82 Å².